The van der Waals surface area contributed by atoms with Gasteiger partial charge in [0, 0.05) is 26.2 Å². The molecular weight excluding hydrogens is 383 g/mol. The summed E-state index contributed by atoms with van der Waals surface area (Å²) in [6.07, 6.45) is 1.15. The second-order valence-electron chi connectivity index (χ2n) is 6.09. The molecule has 0 radical (unpaired) electrons. The normalized spacial score (nSPS) is 16.1. The number of benzene rings is 1. The molecule has 1 amide bonds. The van der Waals surface area contributed by atoms with Gasteiger partial charge < -0.3 is 4.90 Å². The quantitative estimate of drug-likeness (QED) is 0.785. The van der Waals surface area contributed by atoms with Crippen molar-refractivity contribution in [3.8, 4) is 5.69 Å². The number of hydrogen-bond donors (Lipinski definition) is 0. The minimum Gasteiger partial charge on any atom is -0.336 e. The van der Waals surface area contributed by atoms with Gasteiger partial charge in [0.05, 0.1) is 23.2 Å². The lowest BCUT2D eigenvalue weighted by Crippen LogP contribution is -2.50. The number of piperazine rings is 1. The summed E-state index contributed by atoms with van der Waals surface area (Å²) in [4.78, 5) is 14.4. The first-order valence-electron chi connectivity index (χ1n) is 7.94. The number of sulfonamides is 1. The van der Waals surface area contributed by atoms with Gasteiger partial charge in [0.2, 0.25) is 10.0 Å². The van der Waals surface area contributed by atoms with Crippen LogP contribution in [0.1, 0.15) is 16.1 Å². The third-order valence-corrected chi connectivity index (χ3v) is 5.94. The van der Waals surface area contributed by atoms with Crippen LogP contribution in [-0.2, 0) is 10.0 Å². The van der Waals surface area contributed by atoms with E-state index >= 15 is 0 Å². The van der Waals surface area contributed by atoms with Crippen molar-refractivity contribution < 1.29 is 17.6 Å². The molecule has 0 N–H and O–H groups in total. The lowest BCUT2D eigenvalue weighted by Gasteiger charge is -2.33. The second kappa shape index (κ2) is 6.98. The average Bonchev–Trinajstić information content (AvgIpc) is 2.89. The highest BCUT2D eigenvalue weighted by molar-refractivity contribution is 7.88. The molecule has 1 aliphatic heterocycles. The van der Waals surface area contributed by atoms with Crippen LogP contribution >= 0.6 is 11.6 Å². The van der Waals surface area contributed by atoms with Crippen molar-refractivity contribution in [2.24, 2.45) is 0 Å². The number of carbonyl (C=O) groups excluding carboxylic acids is 1. The first-order valence-corrected chi connectivity index (χ1v) is 10.2. The van der Waals surface area contributed by atoms with E-state index in [9.17, 15) is 17.6 Å². The van der Waals surface area contributed by atoms with Crippen LogP contribution in [-0.4, -0.2) is 65.7 Å². The molecular formula is C16H18ClFN4O3S. The van der Waals surface area contributed by atoms with Gasteiger partial charge in [0.15, 0.2) is 0 Å². The van der Waals surface area contributed by atoms with Gasteiger partial charge in [-0.3, -0.25) is 4.79 Å². The smallest absolute Gasteiger partial charge is 0.258 e. The minimum atomic E-state index is -3.27. The zero-order chi connectivity index (χ0) is 19.1. The summed E-state index contributed by atoms with van der Waals surface area (Å²) in [7, 11) is -3.27. The number of halogens is 2. The first kappa shape index (κ1) is 18.8. The number of carbonyl (C=O) groups is 1. The van der Waals surface area contributed by atoms with Gasteiger partial charge in [-0.05, 0) is 31.2 Å². The molecule has 0 spiro atoms. The maximum absolute atomic E-state index is 13.1. The molecule has 26 heavy (non-hydrogen) atoms. The van der Waals surface area contributed by atoms with E-state index in [2.05, 4.69) is 5.10 Å². The predicted molar refractivity (Wildman–Crippen MR) is 95.6 cm³/mol. The average molecular weight is 401 g/mol. The molecule has 1 aliphatic rings. The minimum absolute atomic E-state index is 0.143. The summed E-state index contributed by atoms with van der Waals surface area (Å²) in [5.41, 5.74) is 1.26. The third kappa shape index (κ3) is 3.60. The molecule has 7 nitrogen and oxygen atoms in total. The van der Waals surface area contributed by atoms with Gasteiger partial charge in [0.1, 0.15) is 11.0 Å². The van der Waals surface area contributed by atoms with Crippen molar-refractivity contribution in [1.82, 2.24) is 19.0 Å². The van der Waals surface area contributed by atoms with Crippen LogP contribution in [0, 0.1) is 12.7 Å². The van der Waals surface area contributed by atoms with E-state index in [4.69, 9.17) is 11.6 Å². The third-order valence-electron chi connectivity index (χ3n) is 4.28. The zero-order valence-electron chi connectivity index (χ0n) is 14.3. The molecule has 2 heterocycles. The van der Waals surface area contributed by atoms with Gasteiger partial charge in [0.25, 0.3) is 5.91 Å². The maximum Gasteiger partial charge on any atom is 0.258 e. The molecule has 2 aromatic rings. The van der Waals surface area contributed by atoms with Crippen LogP contribution in [0.15, 0.2) is 24.3 Å². The molecule has 0 unspecified atom stereocenters. The molecule has 3 rings (SSSR count). The van der Waals surface area contributed by atoms with Gasteiger partial charge >= 0.3 is 0 Å². The molecule has 1 aromatic carbocycles. The van der Waals surface area contributed by atoms with Gasteiger partial charge in [-0.1, -0.05) is 11.6 Å². The van der Waals surface area contributed by atoms with Crippen LogP contribution in [0.5, 0.6) is 0 Å². The molecule has 0 bridgehead atoms. The van der Waals surface area contributed by atoms with Crippen molar-refractivity contribution in [2.75, 3.05) is 32.4 Å². The number of nitrogens with zero attached hydrogens (tertiary/aromatic N) is 4. The molecule has 140 valence electrons. The highest BCUT2D eigenvalue weighted by Crippen LogP contribution is 2.25. The molecule has 10 heteroatoms. The Balaban J connectivity index is 1.84. The highest BCUT2D eigenvalue weighted by Gasteiger charge is 2.30. The first-order chi connectivity index (χ1) is 12.2. The number of hydrogen-bond acceptors (Lipinski definition) is 4. The fraction of sp³-hybridized carbons (Fsp3) is 0.375. The monoisotopic (exact) mass is 400 g/mol. The largest absolute Gasteiger partial charge is 0.336 e. The Labute approximate surface area is 156 Å². The number of rotatable bonds is 3. The topological polar surface area (TPSA) is 75.5 Å². The van der Waals surface area contributed by atoms with Crippen molar-refractivity contribution in [2.45, 2.75) is 6.92 Å². The predicted octanol–water partition coefficient (Wildman–Crippen LogP) is 1.69. The van der Waals surface area contributed by atoms with Crippen LogP contribution in [0.2, 0.25) is 5.15 Å². The van der Waals surface area contributed by atoms with E-state index in [-0.39, 0.29) is 48.6 Å². The van der Waals surface area contributed by atoms with E-state index in [1.807, 2.05) is 0 Å². The Kier molecular flexibility index (Phi) is 5.05. The zero-order valence-corrected chi connectivity index (χ0v) is 15.9. The summed E-state index contributed by atoms with van der Waals surface area (Å²) in [6, 6.07) is 5.61. The van der Waals surface area contributed by atoms with E-state index in [1.54, 1.807) is 11.8 Å². The molecule has 1 aromatic heterocycles. The standard InChI is InChI=1S/C16H18ClFN4O3S/c1-11-14(15(17)22(19-11)13-5-3-12(18)4-6-13)16(23)20-7-9-21(10-8-20)26(2,24)25/h3-6H,7-10H2,1-2H3. The Hall–Kier alpha value is -1.97. The van der Waals surface area contributed by atoms with Gasteiger partial charge in [-0.2, -0.15) is 9.40 Å². The maximum atomic E-state index is 13.1. The summed E-state index contributed by atoms with van der Waals surface area (Å²) in [5.74, 6) is -0.678. The van der Waals surface area contributed by atoms with Crippen LogP contribution in [0.3, 0.4) is 0 Å². The fourth-order valence-corrected chi connectivity index (χ4v) is 4.06. The SMILES string of the molecule is Cc1nn(-c2ccc(F)cc2)c(Cl)c1C(=O)N1CCN(S(C)(=O)=O)CC1. The van der Waals surface area contributed by atoms with Crippen molar-refractivity contribution in [1.29, 1.82) is 0 Å². The van der Waals surface area contributed by atoms with Gasteiger partial charge in [-0.15, -0.1) is 0 Å². The van der Waals surface area contributed by atoms with Crippen LogP contribution < -0.4 is 0 Å². The Bertz CT molecular complexity index is 935. The Morgan fingerprint density at radius 2 is 1.73 bits per heavy atom. The summed E-state index contributed by atoms with van der Waals surface area (Å²) in [6.45, 7) is 2.72. The fourth-order valence-electron chi connectivity index (χ4n) is 2.88. The molecule has 1 saturated heterocycles. The van der Waals surface area contributed by atoms with Crippen molar-refractivity contribution in [3.63, 3.8) is 0 Å². The van der Waals surface area contributed by atoms with Crippen molar-refractivity contribution >= 4 is 27.5 Å². The van der Waals surface area contributed by atoms with Gasteiger partial charge in [-0.25, -0.2) is 17.5 Å². The lowest BCUT2D eigenvalue weighted by atomic mass is 10.2. The van der Waals surface area contributed by atoms with E-state index in [0.29, 0.717) is 11.4 Å². The lowest BCUT2D eigenvalue weighted by molar-refractivity contribution is 0.0697. The van der Waals surface area contributed by atoms with E-state index < -0.39 is 10.0 Å². The Morgan fingerprint density at radius 1 is 1.15 bits per heavy atom. The van der Waals surface area contributed by atoms with E-state index in [0.717, 1.165) is 6.26 Å². The summed E-state index contributed by atoms with van der Waals surface area (Å²) >= 11 is 6.37. The van der Waals surface area contributed by atoms with E-state index in [1.165, 1.54) is 33.3 Å². The molecule has 0 aliphatic carbocycles. The van der Waals surface area contributed by atoms with Crippen molar-refractivity contribution in [3.05, 3.63) is 46.5 Å². The Morgan fingerprint density at radius 3 is 2.27 bits per heavy atom. The summed E-state index contributed by atoms with van der Waals surface area (Å²) < 4.78 is 39.0. The second-order valence-corrected chi connectivity index (χ2v) is 8.43. The number of aryl methyl sites for hydroxylation is 1. The molecule has 0 saturated carbocycles. The van der Waals surface area contributed by atoms with Crippen LogP contribution in [0.25, 0.3) is 5.69 Å². The van der Waals surface area contributed by atoms with Crippen LogP contribution in [0.4, 0.5) is 4.39 Å². The molecule has 1 fully saturated rings. The summed E-state index contributed by atoms with van der Waals surface area (Å²) in [5, 5.41) is 4.43. The number of amides is 1. The number of aromatic nitrogens is 2. The highest BCUT2D eigenvalue weighted by atomic mass is 35.5. The molecule has 0 atom stereocenters.